The minimum atomic E-state index is -0.967. The molecule has 0 radical (unpaired) electrons. The Morgan fingerprint density at radius 3 is 0.827 bits per heavy atom. The van der Waals surface area contributed by atoms with E-state index in [9.17, 15) is 19.2 Å². The molecule has 0 rings (SSSR count). The van der Waals surface area contributed by atoms with Crippen molar-refractivity contribution in [3.8, 4) is 0 Å². The van der Waals surface area contributed by atoms with Gasteiger partial charge in [0.05, 0.1) is 11.8 Å². The molecular formula is C44H86N4O4. The monoisotopic (exact) mass is 735 g/mol. The van der Waals surface area contributed by atoms with Crippen molar-refractivity contribution in [2.24, 2.45) is 59.2 Å². The van der Waals surface area contributed by atoms with Crippen LogP contribution in [0.1, 0.15) is 173 Å². The van der Waals surface area contributed by atoms with E-state index in [4.69, 9.17) is 0 Å². The number of rotatable bonds is 31. The lowest BCUT2D eigenvalue weighted by Gasteiger charge is -2.29. The smallest absolute Gasteiger partial charge is 0.224 e. The summed E-state index contributed by atoms with van der Waals surface area (Å²) < 4.78 is 0. The van der Waals surface area contributed by atoms with Gasteiger partial charge >= 0.3 is 0 Å². The van der Waals surface area contributed by atoms with Crippen LogP contribution in [-0.4, -0.2) is 49.8 Å². The van der Waals surface area contributed by atoms with Gasteiger partial charge in [-0.05, 0) is 47.3 Å². The van der Waals surface area contributed by atoms with Gasteiger partial charge in [-0.15, -0.1) is 0 Å². The number of hydrogen-bond acceptors (Lipinski definition) is 4. The van der Waals surface area contributed by atoms with Crippen LogP contribution in [0.3, 0.4) is 0 Å². The highest BCUT2D eigenvalue weighted by Gasteiger charge is 2.38. The zero-order valence-corrected chi connectivity index (χ0v) is 36.1. The Hall–Kier alpha value is -2.12. The first-order valence-electron chi connectivity index (χ1n) is 21.9. The predicted octanol–water partition coefficient (Wildman–Crippen LogP) is 9.31. The second kappa shape index (κ2) is 29.3. The van der Waals surface area contributed by atoms with Crippen LogP contribution in [0, 0.1) is 59.2 Å². The Labute approximate surface area is 321 Å². The molecule has 52 heavy (non-hydrogen) atoms. The lowest BCUT2D eigenvalue weighted by atomic mass is 9.83. The average molecular weight is 735 g/mol. The Morgan fingerprint density at radius 1 is 0.385 bits per heavy atom. The van der Waals surface area contributed by atoms with Gasteiger partial charge in [0.25, 0.3) is 0 Å². The van der Waals surface area contributed by atoms with E-state index in [1.165, 1.54) is 0 Å². The van der Waals surface area contributed by atoms with E-state index in [-0.39, 0.29) is 48.3 Å². The summed E-state index contributed by atoms with van der Waals surface area (Å²) in [6.07, 6.45) is 12.6. The van der Waals surface area contributed by atoms with Crippen LogP contribution in [0.4, 0.5) is 0 Å². The van der Waals surface area contributed by atoms with Gasteiger partial charge in [0.2, 0.25) is 23.6 Å². The molecule has 0 aromatic rings. The normalized spacial score (nSPS) is 17.4. The second-order valence-corrected chi connectivity index (χ2v) is 16.5. The van der Waals surface area contributed by atoms with Gasteiger partial charge in [-0.1, -0.05) is 160 Å². The molecule has 0 saturated carbocycles. The number of carbonyl (C=O) groups excluding carboxylic acids is 4. The number of hydrogen-bond donors (Lipinski definition) is 4. The molecule has 0 bridgehead atoms. The van der Waals surface area contributed by atoms with Crippen molar-refractivity contribution in [2.45, 2.75) is 173 Å². The van der Waals surface area contributed by atoms with Crippen LogP contribution in [0.25, 0.3) is 0 Å². The molecule has 8 nitrogen and oxygen atoms in total. The fourth-order valence-electron chi connectivity index (χ4n) is 8.43. The summed E-state index contributed by atoms with van der Waals surface area (Å²) in [4.78, 5) is 55.7. The van der Waals surface area contributed by atoms with Gasteiger partial charge in [-0.25, -0.2) is 0 Å². The first-order valence-corrected chi connectivity index (χ1v) is 21.9. The van der Waals surface area contributed by atoms with E-state index in [1.54, 1.807) is 0 Å². The fourth-order valence-corrected chi connectivity index (χ4v) is 8.43. The van der Waals surface area contributed by atoms with Crippen LogP contribution in [0.2, 0.25) is 0 Å². The van der Waals surface area contributed by atoms with E-state index in [2.05, 4.69) is 104 Å². The quantitative estimate of drug-likeness (QED) is 0.0568. The van der Waals surface area contributed by atoms with E-state index < -0.39 is 11.8 Å². The number of carbonyl (C=O) groups is 4. The summed E-state index contributed by atoms with van der Waals surface area (Å²) in [7, 11) is 0. The second-order valence-electron chi connectivity index (χ2n) is 16.5. The molecule has 4 amide bonds. The minimum absolute atomic E-state index is 0.136. The van der Waals surface area contributed by atoms with Crippen LogP contribution in [-0.2, 0) is 19.2 Å². The lowest BCUT2D eigenvalue weighted by molar-refractivity contribution is -0.140. The van der Waals surface area contributed by atoms with Gasteiger partial charge in [-0.2, -0.15) is 0 Å². The zero-order chi connectivity index (χ0) is 39.6. The third kappa shape index (κ3) is 19.3. The first kappa shape index (κ1) is 49.9. The van der Waals surface area contributed by atoms with Crippen LogP contribution in [0.5, 0.6) is 0 Å². The Balaban J connectivity index is 6.45. The number of amides is 4. The van der Waals surface area contributed by atoms with Crippen molar-refractivity contribution >= 4 is 23.6 Å². The minimum Gasteiger partial charge on any atom is -0.356 e. The maximum Gasteiger partial charge on any atom is 0.224 e. The molecule has 8 heteroatoms. The third-order valence-electron chi connectivity index (χ3n) is 12.4. The summed E-state index contributed by atoms with van der Waals surface area (Å²) in [5, 5.41) is 12.5. The topological polar surface area (TPSA) is 116 Å². The summed E-state index contributed by atoms with van der Waals surface area (Å²) in [6, 6.07) is 0. The lowest BCUT2D eigenvalue weighted by Crippen LogP contribution is -2.48. The molecule has 0 saturated heterocycles. The zero-order valence-electron chi connectivity index (χ0n) is 36.1. The van der Waals surface area contributed by atoms with Crippen molar-refractivity contribution < 1.29 is 19.2 Å². The van der Waals surface area contributed by atoms with Crippen molar-refractivity contribution in [2.75, 3.05) is 26.2 Å². The molecule has 4 N–H and O–H groups in total. The molecule has 306 valence electrons. The van der Waals surface area contributed by atoms with Gasteiger partial charge in [-0.3, -0.25) is 19.2 Å². The molecule has 0 fully saturated rings. The Kier molecular flexibility index (Phi) is 28.1. The van der Waals surface area contributed by atoms with Crippen molar-refractivity contribution in [1.29, 1.82) is 0 Å². The van der Waals surface area contributed by atoms with E-state index in [1.807, 2.05) is 0 Å². The largest absolute Gasteiger partial charge is 0.356 e. The predicted molar refractivity (Wildman–Crippen MR) is 220 cm³/mol. The summed E-state index contributed by atoms with van der Waals surface area (Å²) in [6.45, 7) is 28.2. The molecule has 10 atom stereocenters. The highest BCUT2D eigenvalue weighted by atomic mass is 16.2. The van der Waals surface area contributed by atoms with Gasteiger partial charge < -0.3 is 21.3 Å². The molecule has 0 aliphatic rings. The van der Waals surface area contributed by atoms with Crippen LogP contribution in [0.15, 0.2) is 0 Å². The van der Waals surface area contributed by atoms with Crippen molar-refractivity contribution in [1.82, 2.24) is 21.3 Å². The Morgan fingerprint density at radius 2 is 0.615 bits per heavy atom. The molecule has 0 heterocycles. The molecule has 0 aliphatic heterocycles. The van der Waals surface area contributed by atoms with Crippen LogP contribution < -0.4 is 21.3 Å². The van der Waals surface area contributed by atoms with Gasteiger partial charge in [0, 0.05) is 39.0 Å². The summed E-state index contributed by atoms with van der Waals surface area (Å²) >= 11 is 0. The third-order valence-corrected chi connectivity index (χ3v) is 12.4. The van der Waals surface area contributed by atoms with E-state index in [0.29, 0.717) is 61.7 Å². The maximum absolute atomic E-state index is 14.2. The molecule has 0 aliphatic carbocycles. The summed E-state index contributed by atoms with van der Waals surface area (Å²) in [5.41, 5.74) is 0. The van der Waals surface area contributed by atoms with E-state index >= 15 is 0 Å². The number of nitrogens with one attached hydrogen (secondary N) is 4. The van der Waals surface area contributed by atoms with Crippen molar-refractivity contribution in [3.05, 3.63) is 0 Å². The highest BCUT2D eigenvalue weighted by molar-refractivity contribution is 5.93. The Bertz CT molecular complexity index is 898. The standard InChI is InChI=1S/C44H86N4O4/c1-13-21-35(17-5)31(9)27-45-41(49)25-39(43(51)47-29-33(11)37(19-7)23-15-3)40(44(52)48-30-34(12)38(20-8)24-16-4)26-42(50)46-28-32(10)36(18-6)22-14-2/h31-40H,13-30H2,1-12H3,(H,45,49)(H,46,50)(H,47,51)(H,48,52). The highest BCUT2D eigenvalue weighted by Crippen LogP contribution is 2.26. The fraction of sp³-hybridized carbons (Fsp3) is 0.909. The van der Waals surface area contributed by atoms with Gasteiger partial charge in [0.15, 0.2) is 0 Å². The van der Waals surface area contributed by atoms with Crippen molar-refractivity contribution in [3.63, 3.8) is 0 Å². The summed E-state index contributed by atoms with van der Waals surface area (Å²) in [5.74, 6) is 0.0207. The molecule has 0 aromatic heterocycles. The molecule has 10 unspecified atom stereocenters. The van der Waals surface area contributed by atoms with E-state index in [0.717, 1.165) is 77.0 Å². The maximum atomic E-state index is 14.2. The molecular weight excluding hydrogens is 649 g/mol. The SMILES string of the molecule is CCCC(CC)C(C)CNC(=O)CC(C(=O)NCC(C)C(CC)CCC)C(CC(=O)NCC(C)C(CC)CCC)C(=O)NCC(C)C(CC)CCC. The molecule has 0 spiro atoms. The average Bonchev–Trinajstić information content (AvgIpc) is 3.13. The first-order chi connectivity index (χ1) is 24.8. The van der Waals surface area contributed by atoms with Gasteiger partial charge in [0.1, 0.15) is 0 Å². The molecule has 0 aromatic carbocycles. The van der Waals surface area contributed by atoms with Crippen LogP contribution >= 0.6 is 0 Å².